The van der Waals surface area contributed by atoms with Crippen LogP contribution in [0.2, 0.25) is 5.02 Å². The Kier molecular flexibility index (Phi) is 3.81. The summed E-state index contributed by atoms with van der Waals surface area (Å²) in [5, 5.41) is 0.357. The maximum absolute atomic E-state index is 14.5. The molecule has 7 heteroatoms. The van der Waals surface area contributed by atoms with E-state index in [1.54, 1.807) is 6.07 Å². The molecule has 0 amide bonds. The minimum Gasteiger partial charge on any atom is -0.351 e. The van der Waals surface area contributed by atoms with Gasteiger partial charge >= 0.3 is 0 Å². The Balaban J connectivity index is 1.83. The molecule has 0 N–H and O–H groups in total. The fourth-order valence-corrected chi connectivity index (χ4v) is 3.37. The molecule has 0 spiro atoms. The fourth-order valence-electron chi connectivity index (χ4n) is 3.17. The molecule has 1 aromatic carbocycles. The Morgan fingerprint density at radius 1 is 1.17 bits per heavy atom. The van der Waals surface area contributed by atoms with Gasteiger partial charge in [0.15, 0.2) is 17.5 Å². The third-order valence-electron chi connectivity index (χ3n) is 4.56. The van der Waals surface area contributed by atoms with E-state index in [0.29, 0.717) is 16.4 Å². The monoisotopic (exact) mass is 347 g/mol. The predicted octanol–water partition coefficient (Wildman–Crippen LogP) is 2.89. The summed E-state index contributed by atoms with van der Waals surface area (Å²) >= 11 is 6.05. The van der Waals surface area contributed by atoms with Gasteiger partial charge in [-0.05, 0) is 32.2 Å². The third-order valence-corrected chi connectivity index (χ3v) is 4.77. The minimum atomic E-state index is -0.407. The second-order valence-corrected chi connectivity index (χ2v) is 6.82. The molecule has 0 radical (unpaired) electrons. The third kappa shape index (κ3) is 2.59. The quantitative estimate of drug-likeness (QED) is 0.723. The molecule has 1 aromatic rings. The van der Waals surface area contributed by atoms with Gasteiger partial charge in [0, 0.05) is 37.4 Å². The lowest BCUT2D eigenvalue weighted by Gasteiger charge is -2.39. The molecule has 0 bridgehead atoms. The van der Waals surface area contributed by atoms with Crippen molar-refractivity contribution >= 4 is 34.6 Å². The molecule has 4 rings (SSSR count). The number of piperazine rings is 1. The number of halogens is 2. The molecule has 24 heavy (non-hydrogen) atoms. The van der Waals surface area contributed by atoms with E-state index >= 15 is 0 Å². The average Bonchev–Trinajstić information content (AvgIpc) is 2.55. The molecular formula is C17H19ClFN5. The maximum Gasteiger partial charge on any atom is 0.176 e. The zero-order chi connectivity index (χ0) is 16.8. The van der Waals surface area contributed by atoms with Crippen LogP contribution in [0.15, 0.2) is 34.4 Å². The first-order valence-corrected chi connectivity index (χ1v) is 8.47. The lowest BCUT2D eigenvalue weighted by molar-refractivity contribution is 0.217. The van der Waals surface area contributed by atoms with Gasteiger partial charge in [-0.15, -0.1) is 0 Å². The number of benzene rings is 1. The predicted molar refractivity (Wildman–Crippen MR) is 96.1 cm³/mol. The number of hydrogen-bond donors (Lipinski definition) is 0. The zero-order valence-corrected chi connectivity index (χ0v) is 14.5. The number of anilines is 1. The molecule has 126 valence electrons. The van der Waals surface area contributed by atoms with Crippen molar-refractivity contribution in [3.8, 4) is 0 Å². The van der Waals surface area contributed by atoms with Crippen LogP contribution in [0.3, 0.4) is 0 Å². The summed E-state index contributed by atoms with van der Waals surface area (Å²) in [6, 6.07) is 3.11. The van der Waals surface area contributed by atoms with Crippen LogP contribution in [0.4, 0.5) is 15.8 Å². The van der Waals surface area contributed by atoms with E-state index in [1.165, 1.54) is 6.07 Å². The Hall–Kier alpha value is -1.92. The number of rotatable bonds is 0. The summed E-state index contributed by atoms with van der Waals surface area (Å²) < 4.78 is 14.5. The van der Waals surface area contributed by atoms with Crippen molar-refractivity contribution in [3.63, 3.8) is 0 Å². The molecule has 3 aliphatic heterocycles. The van der Waals surface area contributed by atoms with Crippen LogP contribution in [-0.4, -0.2) is 60.7 Å². The van der Waals surface area contributed by atoms with Gasteiger partial charge < -0.3 is 9.80 Å². The highest BCUT2D eigenvalue weighted by molar-refractivity contribution is 6.48. The molecule has 0 aliphatic carbocycles. The lowest BCUT2D eigenvalue weighted by Crippen LogP contribution is -2.53. The molecule has 0 saturated carbocycles. The van der Waals surface area contributed by atoms with E-state index in [4.69, 9.17) is 16.6 Å². The molecule has 3 heterocycles. The van der Waals surface area contributed by atoms with E-state index in [1.807, 2.05) is 24.1 Å². The van der Waals surface area contributed by atoms with Crippen LogP contribution in [0.1, 0.15) is 6.92 Å². The van der Waals surface area contributed by atoms with Crippen molar-refractivity contribution in [3.05, 3.63) is 35.2 Å². The van der Waals surface area contributed by atoms with Crippen molar-refractivity contribution in [2.24, 2.45) is 9.98 Å². The van der Waals surface area contributed by atoms with E-state index in [2.05, 4.69) is 21.8 Å². The van der Waals surface area contributed by atoms with Gasteiger partial charge in [0.1, 0.15) is 5.69 Å². The van der Waals surface area contributed by atoms with Crippen molar-refractivity contribution in [1.29, 1.82) is 0 Å². The first kappa shape index (κ1) is 15.6. The van der Waals surface area contributed by atoms with Gasteiger partial charge in [0.25, 0.3) is 0 Å². The largest absolute Gasteiger partial charge is 0.351 e. The minimum absolute atomic E-state index is 0.0690. The van der Waals surface area contributed by atoms with E-state index in [9.17, 15) is 4.39 Å². The van der Waals surface area contributed by atoms with Gasteiger partial charge in [-0.2, -0.15) is 0 Å². The Labute approximate surface area is 145 Å². The number of amidine groups is 2. The number of aliphatic imine (C=N–C) groups is 2. The average molecular weight is 348 g/mol. The normalized spacial score (nSPS) is 23.6. The zero-order valence-electron chi connectivity index (χ0n) is 13.7. The van der Waals surface area contributed by atoms with Gasteiger partial charge in [-0.25, -0.2) is 9.38 Å². The SMILES string of the molecule is CC1C=CN2C(=N1)C(N1CCN(C)CC1)=Nc1c(F)cc(Cl)cc12. The highest BCUT2D eigenvalue weighted by Gasteiger charge is 2.33. The summed E-state index contributed by atoms with van der Waals surface area (Å²) in [6.07, 6.45) is 3.92. The lowest BCUT2D eigenvalue weighted by atomic mass is 10.1. The van der Waals surface area contributed by atoms with Gasteiger partial charge in [-0.1, -0.05) is 11.6 Å². The summed E-state index contributed by atoms with van der Waals surface area (Å²) in [5.74, 6) is 1.10. The standard InChI is InChI=1S/C17H19ClFN5/c1-11-3-4-24-14-10-12(18)9-13(19)15(14)21-16(17(24)20-11)23-7-5-22(2)6-8-23/h3-4,9-11H,5-8H2,1-2H3. The Morgan fingerprint density at radius 3 is 2.67 bits per heavy atom. The molecule has 3 aliphatic rings. The van der Waals surface area contributed by atoms with E-state index in [-0.39, 0.29) is 6.04 Å². The number of hydrogen-bond acceptors (Lipinski definition) is 5. The second-order valence-electron chi connectivity index (χ2n) is 6.39. The first-order valence-electron chi connectivity index (χ1n) is 8.10. The Bertz CT molecular complexity index is 764. The van der Waals surface area contributed by atoms with Crippen molar-refractivity contribution in [2.75, 3.05) is 38.1 Å². The van der Waals surface area contributed by atoms with Crippen molar-refractivity contribution in [2.45, 2.75) is 13.0 Å². The highest BCUT2D eigenvalue weighted by Crippen LogP contribution is 2.39. The summed E-state index contributed by atoms with van der Waals surface area (Å²) in [6.45, 7) is 5.63. The maximum atomic E-state index is 14.5. The number of nitrogens with zero attached hydrogens (tertiary/aromatic N) is 5. The highest BCUT2D eigenvalue weighted by atomic mass is 35.5. The van der Waals surface area contributed by atoms with Crippen LogP contribution in [0, 0.1) is 5.82 Å². The smallest absolute Gasteiger partial charge is 0.176 e. The van der Waals surface area contributed by atoms with Crippen LogP contribution in [0.5, 0.6) is 0 Å². The van der Waals surface area contributed by atoms with Gasteiger partial charge in [-0.3, -0.25) is 9.89 Å². The summed E-state index contributed by atoms with van der Waals surface area (Å²) in [5.41, 5.74) is 0.964. The van der Waals surface area contributed by atoms with Crippen LogP contribution < -0.4 is 4.90 Å². The second kappa shape index (κ2) is 5.86. The molecule has 1 fully saturated rings. The number of fused-ring (bicyclic) bond motifs is 3. The summed E-state index contributed by atoms with van der Waals surface area (Å²) in [4.78, 5) is 15.7. The first-order chi connectivity index (χ1) is 11.5. The van der Waals surface area contributed by atoms with Gasteiger partial charge in [0.05, 0.1) is 11.7 Å². The van der Waals surface area contributed by atoms with E-state index in [0.717, 1.165) is 37.9 Å². The molecule has 5 nitrogen and oxygen atoms in total. The fraction of sp³-hybridized carbons (Fsp3) is 0.412. The molecule has 0 aromatic heterocycles. The number of likely N-dealkylation sites (N-methyl/N-ethyl adjacent to an activating group) is 1. The van der Waals surface area contributed by atoms with Crippen molar-refractivity contribution in [1.82, 2.24) is 9.80 Å². The van der Waals surface area contributed by atoms with Crippen LogP contribution in [0.25, 0.3) is 0 Å². The molecular weight excluding hydrogens is 329 g/mol. The van der Waals surface area contributed by atoms with Gasteiger partial charge in [0.2, 0.25) is 0 Å². The van der Waals surface area contributed by atoms with Crippen LogP contribution in [-0.2, 0) is 0 Å². The van der Waals surface area contributed by atoms with E-state index < -0.39 is 5.82 Å². The molecule has 1 atom stereocenters. The topological polar surface area (TPSA) is 34.4 Å². The summed E-state index contributed by atoms with van der Waals surface area (Å²) in [7, 11) is 2.10. The van der Waals surface area contributed by atoms with Crippen molar-refractivity contribution < 1.29 is 4.39 Å². The molecule has 1 unspecified atom stereocenters. The Morgan fingerprint density at radius 2 is 1.92 bits per heavy atom. The molecule has 1 saturated heterocycles. The van der Waals surface area contributed by atoms with Crippen LogP contribution >= 0.6 is 11.6 Å².